The lowest BCUT2D eigenvalue weighted by Gasteiger charge is -2.18. The first-order valence-corrected chi connectivity index (χ1v) is 9.23. The van der Waals surface area contributed by atoms with Crippen molar-refractivity contribution in [3.05, 3.63) is 80.4 Å². The van der Waals surface area contributed by atoms with Gasteiger partial charge in [0.2, 0.25) is 0 Å². The molecule has 25 heavy (non-hydrogen) atoms. The van der Waals surface area contributed by atoms with Gasteiger partial charge in [0, 0.05) is 10.3 Å². The SMILES string of the molecule is O=C(COC(=O)c1ccsc1)N[C@@H](c1ccc(F)cc1)c1cccs1. The average molecular weight is 375 g/mol. The minimum Gasteiger partial charge on any atom is -0.452 e. The Balaban J connectivity index is 1.67. The Kier molecular flexibility index (Phi) is 5.57. The molecule has 0 bridgehead atoms. The van der Waals surface area contributed by atoms with E-state index < -0.39 is 17.9 Å². The highest BCUT2D eigenvalue weighted by molar-refractivity contribution is 7.10. The molecular weight excluding hydrogens is 361 g/mol. The van der Waals surface area contributed by atoms with Crippen LogP contribution >= 0.6 is 22.7 Å². The highest BCUT2D eigenvalue weighted by Gasteiger charge is 2.19. The summed E-state index contributed by atoms with van der Waals surface area (Å²) < 4.78 is 18.2. The molecule has 0 aliphatic rings. The van der Waals surface area contributed by atoms with Gasteiger partial charge in [-0.05, 0) is 40.6 Å². The lowest BCUT2D eigenvalue weighted by molar-refractivity contribution is -0.124. The Morgan fingerprint density at radius 2 is 1.92 bits per heavy atom. The molecule has 3 aromatic rings. The fourth-order valence-corrected chi connectivity index (χ4v) is 3.65. The molecule has 0 unspecified atom stereocenters. The number of nitrogens with one attached hydrogen (secondary N) is 1. The zero-order chi connectivity index (χ0) is 17.6. The van der Waals surface area contributed by atoms with Crippen LogP contribution in [-0.2, 0) is 9.53 Å². The van der Waals surface area contributed by atoms with E-state index in [-0.39, 0.29) is 12.4 Å². The third-order valence-electron chi connectivity index (χ3n) is 3.43. The van der Waals surface area contributed by atoms with Gasteiger partial charge in [0.25, 0.3) is 5.91 Å². The van der Waals surface area contributed by atoms with E-state index in [4.69, 9.17) is 4.74 Å². The molecule has 0 saturated heterocycles. The predicted octanol–water partition coefficient (Wildman–Crippen LogP) is 4.01. The molecule has 1 atom stereocenters. The Hall–Kier alpha value is -2.51. The van der Waals surface area contributed by atoms with Gasteiger partial charge in [0.15, 0.2) is 6.61 Å². The van der Waals surface area contributed by atoms with Crippen molar-refractivity contribution >= 4 is 34.6 Å². The molecule has 4 nitrogen and oxygen atoms in total. The number of carbonyl (C=O) groups excluding carboxylic acids is 2. The Bertz CT molecular complexity index is 830. The van der Waals surface area contributed by atoms with Crippen LogP contribution in [0.25, 0.3) is 0 Å². The van der Waals surface area contributed by atoms with Crippen molar-refractivity contribution in [2.45, 2.75) is 6.04 Å². The summed E-state index contributed by atoms with van der Waals surface area (Å²) >= 11 is 2.86. The van der Waals surface area contributed by atoms with E-state index in [1.165, 1.54) is 34.8 Å². The normalized spacial score (nSPS) is 11.7. The van der Waals surface area contributed by atoms with Gasteiger partial charge in [-0.1, -0.05) is 18.2 Å². The fraction of sp³-hybridized carbons (Fsp3) is 0.111. The molecule has 0 saturated carbocycles. The number of amides is 1. The number of benzene rings is 1. The van der Waals surface area contributed by atoms with E-state index >= 15 is 0 Å². The predicted molar refractivity (Wildman–Crippen MR) is 95.3 cm³/mol. The minimum atomic E-state index is -0.536. The quantitative estimate of drug-likeness (QED) is 0.662. The molecule has 0 spiro atoms. The number of rotatable bonds is 6. The van der Waals surface area contributed by atoms with Crippen molar-refractivity contribution in [2.75, 3.05) is 6.61 Å². The van der Waals surface area contributed by atoms with Gasteiger partial charge >= 0.3 is 5.97 Å². The Morgan fingerprint density at radius 1 is 1.12 bits per heavy atom. The molecule has 1 N–H and O–H groups in total. The zero-order valence-corrected chi connectivity index (χ0v) is 14.6. The summed E-state index contributed by atoms with van der Waals surface area (Å²) in [4.78, 5) is 24.9. The van der Waals surface area contributed by atoms with Crippen LogP contribution in [0.3, 0.4) is 0 Å². The molecule has 128 valence electrons. The van der Waals surface area contributed by atoms with E-state index in [0.717, 1.165) is 10.4 Å². The molecule has 2 aromatic heterocycles. The van der Waals surface area contributed by atoms with E-state index in [0.29, 0.717) is 5.56 Å². The van der Waals surface area contributed by atoms with Crippen LogP contribution in [0.1, 0.15) is 26.8 Å². The van der Waals surface area contributed by atoms with Crippen LogP contribution in [0.4, 0.5) is 4.39 Å². The molecular formula is C18H14FNO3S2. The zero-order valence-electron chi connectivity index (χ0n) is 13.0. The summed E-state index contributed by atoms with van der Waals surface area (Å²) in [7, 11) is 0. The second-order valence-corrected chi connectivity index (χ2v) is 6.91. The maximum absolute atomic E-state index is 13.2. The van der Waals surface area contributed by atoms with Crippen LogP contribution in [0.15, 0.2) is 58.6 Å². The Labute approximate surface area is 151 Å². The van der Waals surface area contributed by atoms with Crippen LogP contribution < -0.4 is 5.32 Å². The summed E-state index contributed by atoms with van der Waals surface area (Å²) in [6, 6.07) is 10.9. The first-order chi connectivity index (χ1) is 12.1. The number of thiophene rings is 2. The second-order valence-electron chi connectivity index (χ2n) is 5.16. The molecule has 3 rings (SSSR count). The molecule has 1 amide bonds. The third-order valence-corrected chi connectivity index (χ3v) is 5.05. The summed E-state index contributed by atoms with van der Waals surface area (Å²) in [5.74, 6) is -1.30. The maximum Gasteiger partial charge on any atom is 0.339 e. The molecule has 1 aromatic carbocycles. The first kappa shape index (κ1) is 17.3. The van der Waals surface area contributed by atoms with Gasteiger partial charge in [-0.15, -0.1) is 11.3 Å². The van der Waals surface area contributed by atoms with Gasteiger partial charge in [-0.25, -0.2) is 9.18 Å². The maximum atomic E-state index is 13.2. The smallest absolute Gasteiger partial charge is 0.339 e. The van der Waals surface area contributed by atoms with Crippen molar-refractivity contribution in [3.8, 4) is 0 Å². The van der Waals surface area contributed by atoms with Crippen molar-refractivity contribution in [3.63, 3.8) is 0 Å². The number of hydrogen-bond donors (Lipinski definition) is 1. The van der Waals surface area contributed by atoms with Crippen LogP contribution in [0, 0.1) is 5.82 Å². The third kappa shape index (κ3) is 4.52. The van der Waals surface area contributed by atoms with Crippen LogP contribution in [-0.4, -0.2) is 18.5 Å². The number of hydrogen-bond acceptors (Lipinski definition) is 5. The summed E-state index contributed by atoms with van der Waals surface area (Å²) in [6.45, 7) is -0.377. The largest absolute Gasteiger partial charge is 0.452 e. The van der Waals surface area contributed by atoms with E-state index in [2.05, 4.69) is 5.32 Å². The lowest BCUT2D eigenvalue weighted by Crippen LogP contribution is -2.32. The number of esters is 1. The minimum absolute atomic E-state index is 0.343. The summed E-state index contributed by atoms with van der Waals surface area (Å²) in [5, 5.41) is 8.15. The van der Waals surface area contributed by atoms with Gasteiger partial charge < -0.3 is 10.1 Å². The van der Waals surface area contributed by atoms with E-state index in [1.807, 2.05) is 17.5 Å². The highest BCUT2D eigenvalue weighted by atomic mass is 32.1. The number of carbonyl (C=O) groups is 2. The van der Waals surface area contributed by atoms with Gasteiger partial charge in [-0.2, -0.15) is 11.3 Å². The van der Waals surface area contributed by atoms with Crippen molar-refractivity contribution in [1.29, 1.82) is 0 Å². The van der Waals surface area contributed by atoms with E-state index in [9.17, 15) is 14.0 Å². The highest BCUT2D eigenvalue weighted by Crippen LogP contribution is 2.26. The summed E-state index contributed by atoms with van der Waals surface area (Å²) in [6.07, 6.45) is 0. The van der Waals surface area contributed by atoms with Crippen molar-refractivity contribution in [1.82, 2.24) is 5.32 Å². The summed E-state index contributed by atoms with van der Waals surface area (Å²) in [5.41, 5.74) is 1.17. The topological polar surface area (TPSA) is 55.4 Å². The lowest BCUT2D eigenvalue weighted by atomic mass is 10.1. The molecule has 7 heteroatoms. The number of ether oxygens (including phenoxy) is 1. The molecule has 0 aliphatic carbocycles. The van der Waals surface area contributed by atoms with Crippen LogP contribution in [0.5, 0.6) is 0 Å². The number of halogens is 1. The first-order valence-electron chi connectivity index (χ1n) is 7.41. The monoisotopic (exact) mass is 375 g/mol. The standard InChI is InChI=1S/C18H14FNO3S2/c19-14-5-3-12(4-6-14)17(15-2-1-8-25-15)20-16(21)10-23-18(22)13-7-9-24-11-13/h1-9,11,17H,10H2,(H,20,21)/t17-/m0/s1. The van der Waals surface area contributed by atoms with Crippen molar-refractivity contribution in [2.24, 2.45) is 0 Å². The van der Waals surface area contributed by atoms with E-state index in [1.54, 1.807) is 29.0 Å². The molecule has 2 heterocycles. The fourth-order valence-electron chi connectivity index (χ4n) is 2.23. The van der Waals surface area contributed by atoms with Gasteiger partial charge in [-0.3, -0.25) is 4.79 Å². The molecule has 0 fully saturated rings. The van der Waals surface area contributed by atoms with Crippen molar-refractivity contribution < 1.29 is 18.7 Å². The molecule has 0 radical (unpaired) electrons. The molecule has 0 aliphatic heterocycles. The second kappa shape index (κ2) is 8.04. The van der Waals surface area contributed by atoms with Gasteiger partial charge in [0.05, 0.1) is 11.6 Å². The average Bonchev–Trinajstić information content (AvgIpc) is 3.31. The Morgan fingerprint density at radius 3 is 2.56 bits per heavy atom. The van der Waals surface area contributed by atoms with Gasteiger partial charge in [0.1, 0.15) is 5.82 Å². The van der Waals surface area contributed by atoms with Crippen LogP contribution in [0.2, 0.25) is 0 Å².